The Bertz CT molecular complexity index is 1480. The van der Waals surface area contributed by atoms with Crippen molar-refractivity contribution in [2.45, 2.75) is 25.3 Å². The Hall–Kier alpha value is -2.85. The molecule has 1 unspecified atom stereocenters. The van der Waals surface area contributed by atoms with Gasteiger partial charge in [0.2, 0.25) is 20.0 Å². The van der Waals surface area contributed by atoms with Gasteiger partial charge in [0.25, 0.3) is 11.8 Å². The maximum absolute atomic E-state index is 14.0. The van der Waals surface area contributed by atoms with Crippen molar-refractivity contribution in [2.24, 2.45) is 11.7 Å². The number of sulfonamides is 2. The van der Waals surface area contributed by atoms with E-state index < -0.39 is 73.4 Å². The molecule has 2 aromatic carbocycles. The van der Waals surface area contributed by atoms with Gasteiger partial charge < -0.3 is 5.73 Å². The summed E-state index contributed by atoms with van der Waals surface area (Å²) in [5, 5.41) is 0. The first-order valence-corrected chi connectivity index (χ1v) is 15.8. The summed E-state index contributed by atoms with van der Waals surface area (Å²) in [6.07, 6.45) is 0.679. The normalized spacial score (nSPS) is 17.9. The van der Waals surface area contributed by atoms with E-state index in [0.29, 0.717) is 18.9 Å². The number of nitrogens with zero attached hydrogens (tertiary/aromatic N) is 2. The van der Waals surface area contributed by atoms with Crippen LogP contribution in [0.15, 0.2) is 36.4 Å². The number of imide groups is 1. The Morgan fingerprint density at radius 3 is 2.08 bits per heavy atom. The van der Waals surface area contributed by atoms with E-state index in [1.807, 2.05) is 0 Å². The van der Waals surface area contributed by atoms with Crippen LogP contribution in [0.2, 0.25) is 0 Å². The van der Waals surface area contributed by atoms with Gasteiger partial charge in [0.15, 0.2) is 11.6 Å². The van der Waals surface area contributed by atoms with E-state index in [0.717, 1.165) is 11.0 Å². The van der Waals surface area contributed by atoms with Gasteiger partial charge in [-0.3, -0.25) is 14.5 Å². The summed E-state index contributed by atoms with van der Waals surface area (Å²) in [7, 11) is -7.81. The highest BCUT2D eigenvalue weighted by Crippen LogP contribution is 2.25. The van der Waals surface area contributed by atoms with Crippen LogP contribution >= 0.6 is 0 Å². The fourth-order valence-electron chi connectivity index (χ4n) is 4.90. The molecule has 3 N–H and O–H groups in total. The molecule has 40 heavy (non-hydrogen) atoms. The molecular weight excluding hydrogens is 573 g/mol. The highest BCUT2D eigenvalue weighted by molar-refractivity contribution is 7.90. The SMILES string of the molecule is NC(Cc1cc(F)c(F)cc1F)C1CCN(S(=O)(=O)CCNS(=O)(=O)CCN2C(=O)c3ccccc3C2=O)CC1. The smallest absolute Gasteiger partial charge is 0.261 e. The number of hydrogen-bond donors (Lipinski definition) is 2. The van der Waals surface area contributed by atoms with Crippen LogP contribution < -0.4 is 10.5 Å². The molecule has 15 heteroatoms. The lowest BCUT2D eigenvalue weighted by atomic mass is 9.87. The molecule has 2 amide bonds. The lowest BCUT2D eigenvalue weighted by Gasteiger charge is -2.34. The summed E-state index contributed by atoms with van der Waals surface area (Å²) >= 11 is 0. The highest BCUT2D eigenvalue weighted by Gasteiger charge is 2.36. The number of nitrogens with two attached hydrogens (primary N) is 1. The van der Waals surface area contributed by atoms with E-state index in [1.165, 1.54) is 16.4 Å². The number of piperidine rings is 1. The van der Waals surface area contributed by atoms with Gasteiger partial charge in [0, 0.05) is 38.3 Å². The molecule has 0 spiro atoms. The lowest BCUT2D eigenvalue weighted by Crippen LogP contribution is -2.46. The van der Waals surface area contributed by atoms with Crippen molar-refractivity contribution in [3.05, 3.63) is 70.5 Å². The van der Waals surface area contributed by atoms with Gasteiger partial charge in [0.1, 0.15) is 5.82 Å². The second-order valence-corrected chi connectivity index (χ2v) is 13.8. The molecule has 2 aliphatic heterocycles. The second-order valence-electron chi connectivity index (χ2n) is 9.80. The maximum atomic E-state index is 14.0. The third-order valence-corrected chi connectivity index (χ3v) is 10.4. The van der Waals surface area contributed by atoms with Crippen LogP contribution in [0.3, 0.4) is 0 Å². The number of halogens is 3. The topological polar surface area (TPSA) is 147 Å². The molecule has 0 radical (unpaired) electrons. The Morgan fingerprint density at radius 1 is 0.900 bits per heavy atom. The molecule has 0 bridgehead atoms. The van der Waals surface area contributed by atoms with Gasteiger partial charge in [-0.2, -0.15) is 0 Å². The molecule has 2 heterocycles. The van der Waals surface area contributed by atoms with Crippen LogP contribution in [0.5, 0.6) is 0 Å². The predicted molar refractivity (Wildman–Crippen MR) is 140 cm³/mol. The van der Waals surface area contributed by atoms with Gasteiger partial charge in [0.05, 0.1) is 22.6 Å². The molecule has 0 aliphatic carbocycles. The monoisotopic (exact) mass is 602 g/mol. The molecule has 0 aromatic heterocycles. The maximum Gasteiger partial charge on any atom is 0.261 e. The average molecular weight is 603 g/mol. The zero-order valence-corrected chi connectivity index (χ0v) is 23.0. The number of benzene rings is 2. The van der Waals surface area contributed by atoms with Crippen LogP contribution in [-0.4, -0.2) is 81.6 Å². The summed E-state index contributed by atoms with van der Waals surface area (Å²) in [5.41, 5.74) is 6.50. The van der Waals surface area contributed by atoms with E-state index in [4.69, 9.17) is 5.73 Å². The zero-order valence-electron chi connectivity index (χ0n) is 21.4. The molecular formula is C25H29F3N4O6S2. The molecule has 1 saturated heterocycles. The molecule has 218 valence electrons. The van der Waals surface area contributed by atoms with E-state index >= 15 is 0 Å². The minimum Gasteiger partial charge on any atom is -0.327 e. The van der Waals surface area contributed by atoms with Crippen molar-refractivity contribution in [3.8, 4) is 0 Å². The van der Waals surface area contributed by atoms with Crippen LogP contribution in [-0.2, 0) is 26.5 Å². The Morgan fingerprint density at radius 2 is 1.48 bits per heavy atom. The number of carbonyl (C=O) groups is 2. The molecule has 4 rings (SSSR count). The van der Waals surface area contributed by atoms with Crippen LogP contribution in [0, 0.1) is 23.4 Å². The minimum absolute atomic E-state index is 0.0387. The van der Waals surface area contributed by atoms with Gasteiger partial charge >= 0.3 is 0 Å². The van der Waals surface area contributed by atoms with Crippen molar-refractivity contribution >= 4 is 31.9 Å². The fraction of sp³-hybridized carbons (Fsp3) is 0.440. The average Bonchev–Trinajstić information content (AvgIpc) is 3.15. The van der Waals surface area contributed by atoms with Crippen molar-refractivity contribution in [1.29, 1.82) is 0 Å². The third-order valence-electron chi connectivity index (χ3n) is 7.19. The summed E-state index contributed by atoms with van der Waals surface area (Å²) in [5.74, 6) is -5.81. The summed E-state index contributed by atoms with van der Waals surface area (Å²) in [6.45, 7) is -0.542. The molecule has 1 fully saturated rings. The molecule has 0 saturated carbocycles. The Balaban J connectivity index is 1.22. The lowest BCUT2D eigenvalue weighted by molar-refractivity contribution is 0.0664. The van der Waals surface area contributed by atoms with Gasteiger partial charge in [-0.05, 0) is 48.9 Å². The summed E-state index contributed by atoms with van der Waals surface area (Å²) in [6, 6.07) is 6.79. The fourth-order valence-corrected chi connectivity index (χ4v) is 7.40. The number of amides is 2. The van der Waals surface area contributed by atoms with E-state index in [9.17, 15) is 39.6 Å². The van der Waals surface area contributed by atoms with E-state index in [-0.39, 0.29) is 48.7 Å². The van der Waals surface area contributed by atoms with Crippen molar-refractivity contribution in [3.63, 3.8) is 0 Å². The molecule has 1 atom stereocenters. The van der Waals surface area contributed by atoms with E-state index in [2.05, 4.69) is 4.72 Å². The minimum atomic E-state index is -3.99. The van der Waals surface area contributed by atoms with Crippen molar-refractivity contribution < 1.29 is 39.6 Å². The Labute approximate surface area is 230 Å². The summed E-state index contributed by atoms with van der Waals surface area (Å²) < 4.78 is 94.4. The number of carbonyl (C=O) groups excluding carboxylic acids is 2. The van der Waals surface area contributed by atoms with Crippen molar-refractivity contribution in [1.82, 2.24) is 13.9 Å². The number of nitrogens with one attached hydrogen (secondary N) is 1. The van der Waals surface area contributed by atoms with E-state index in [1.54, 1.807) is 12.1 Å². The first-order chi connectivity index (χ1) is 18.8. The second kappa shape index (κ2) is 11.9. The molecule has 2 aromatic rings. The van der Waals surface area contributed by atoms with Crippen molar-refractivity contribution in [2.75, 3.05) is 37.7 Å². The highest BCUT2D eigenvalue weighted by atomic mass is 32.2. The van der Waals surface area contributed by atoms with Gasteiger partial charge in [-0.15, -0.1) is 0 Å². The van der Waals surface area contributed by atoms with Gasteiger partial charge in [-0.1, -0.05) is 12.1 Å². The number of fused-ring (bicyclic) bond motifs is 1. The third kappa shape index (κ3) is 6.71. The molecule has 2 aliphatic rings. The zero-order chi connectivity index (χ0) is 29.2. The number of rotatable bonds is 11. The van der Waals surface area contributed by atoms with Crippen LogP contribution in [0.25, 0.3) is 0 Å². The standard InChI is InChI=1S/C25H29F3N4O6S2/c26-20-15-22(28)21(27)13-17(20)14-23(29)16-5-8-31(9-6-16)40(37,38)11-7-30-39(35,36)12-10-32-24(33)18-3-1-2-4-19(18)25(32)34/h1-4,13,15-16,23,30H,5-12,14,29H2. The summed E-state index contributed by atoms with van der Waals surface area (Å²) in [4.78, 5) is 25.6. The van der Waals surface area contributed by atoms with Crippen LogP contribution in [0.4, 0.5) is 13.2 Å². The van der Waals surface area contributed by atoms with Crippen LogP contribution in [0.1, 0.15) is 39.1 Å². The molecule has 10 nitrogen and oxygen atoms in total. The largest absolute Gasteiger partial charge is 0.327 e. The number of hydrogen-bond acceptors (Lipinski definition) is 7. The van der Waals surface area contributed by atoms with Gasteiger partial charge in [-0.25, -0.2) is 39.0 Å². The quantitative estimate of drug-likeness (QED) is 0.291. The first-order valence-electron chi connectivity index (χ1n) is 12.6. The first kappa shape index (κ1) is 30.1. The predicted octanol–water partition coefficient (Wildman–Crippen LogP) is 1.23. The Kier molecular flexibility index (Phi) is 8.99.